The van der Waals surface area contributed by atoms with Crippen molar-refractivity contribution in [1.29, 1.82) is 0 Å². The van der Waals surface area contributed by atoms with Crippen LogP contribution in [-0.2, 0) is 19.6 Å². The van der Waals surface area contributed by atoms with Crippen molar-refractivity contribution in [3.8, 4) is 11.5 Å². The monoisotopic (exact) mass is 481 g/mol. The predicted octanol–water partition coefficient (Wildman–Crippen LogP) is 2.88. The van der Waals surface area contributed by atoms with Crippen molar-refractivity contribution in [3.63, 3.8) is 0 Å². The summed E-state index contributed by atoms with van der Waals surface area (Å²) in [6.45, 7) is -0.769. The molecule has 4 rings (SSSR count). The van der Waals surface area contributed by atoms with Gasteiger partial charge < -0.3 is 14.8 Å². The summed E-state index contributed by atoms with van der Waals surface area (Å²) in [6.07, 6.45) is 0. The highest BCUT2D eigenvalue weighted by Gasteiger charge is 2.33. The van der Waals surface area contributed by atoms with E-state index >= 15 is 0 Å². The number of nitrogens with zero attached hydrogens (tertiary/aromatic N) is 2. The van der Waals surface area contributed by atoms with Crippen LogP contribution in [0.4, 0.5) is 17.1 Å². The largest absolute Gasteiger partial charge is 0.497 e. The zero-order valence-electron chi connectivity index (χ0n) is 18.6. The van der Waals surface area contributed by atoms with Gasteiger partial charge in [-0.1, -0.05) is 24.3 Å². The van der Waals surface area contributed by atoms with Gasteiger partial charge in [-0.3, -0.25) is 18.8 Å². The molecule has 0 saturated heterocycles. The quantitative estimate of drug-likeness (QED) is 0.556. The highest BCUT2D eigenvalue weighted by Crippen LogP contribution is 2.34. The second-order valence-electron chi connectivity index (χ2n) is 7.40. The molecular formula is C24H23N3O6S. The molecule has 0 unspecified atom stereocenters. The molecule has 176 valence electrons. The maximum atomic E-state index is 13.7. The van der Waals surface area contributed by atoms with Gasteiger partial charge in [-0.15, -0.1) is 0 Å². The van der Waals surface area contributed by atoms with Gasteiger partial charge in [-0.25, -0.2) is 8.42 Å². The summed E-state index contributed by atoms with van der Waals surface area (Å²) in [5.41, 5.74) is 1.17. The topological polar surface area (TPSA) is 105 Å². The molecule has 0 radical (unpaired) electrons. The van der Waals surface area contributed by atoms with Crippen LogP contribution < -0.4 is 24.0 Å². The molecule has 1 N–H and O–H groups in total. The summed E-state index contributed by atoms with van der Waals surface area (Å²) in [4.78, 5) is 26.9. The van der Waals surface area contributed by atoms with Gasteiger partial charge in [0.2, 0.25) is 11.8 Å². The number of anilines is 3. The summed E-state index contributed by atoms with van der Waals surface area (Å²) in [6, 6.07) is 19.2. The Morgan fingerprint density at radius 1 is 0.971 bits per heavy atom. The molecule has 0 aromatic heterocycles. The Hall–Kier alpha value is -4.05. The Kier molecular flexibility index (Phi) is 6.42. The number of ether oxygens (including phenoxy) is 2. The van der Waals surface area contributed by atoms with E-state index in [1.807, 2.05) is 0 Å². The maximum Gasteiger partial charge on any atom is 0.264 e. The first kappa shape index (κ1) is 23.1. The van der Waals surface area contributed by atoms with Crippen LogP contribution in [0.1, 0.15) is 0 Å². The number of benzene rings is 3. The van der Waals surface area contributed by atoms with Crippen LogP contribution in [0.5, 0.6) is 11.5 Å². The molecule has 0 spiro atoms. The van der Waals surface area contributed by atoms with Crippen LogP contribution in [0.15, 0.2) is 77.7 Å². The number of para-hydroxylation sites is 4. The summed E-state index contributed by atoms with van der Waals surface area (Å²) in [5.74, 6) is -0.154. The van der Waals surface area contributed by atoms with Gasteiger partial charge in [0.15, 0.2) is 0 Å². The van der Waals surface area contributed by atoms with Crippen molar-refractivity contribution in [2.24, 2.45) is 0 Å². The molecular weight excluding hydrogens is 458 g/mol. The third-order valence-corrected chi connectivity index (χ3v) is 7.13. The Morgan fingerprint density at radius 3 is 2.35 bits per heavy atom. The number of hydrogen-bond donors (Lipinski definition) is 1. The van der Waals surface area contributed by atoms with Crippen LogP contribution in [-0.4, -0.2) is 47.5 Å². The zero-order chi connectivity index (χ0) is 24.3. The minimum Gasteiger partial charge on any atom is -0.497 e. The molecule has 0 fully saturated rings. The van der Waals surface area contributed by atoms with Gasteiger partial charge in [0, 0.05) is 0 Å². The first-order valence-corrected chi connectivity index (χ1v) is 11.8. The highest BCUT2D eigenvalue weighted by molar-refractivity contribution is 7.92. The van der Waals surface area contributed by atoms with Crippen molar-refractivity contribution in [2.75, 3.05) is 41.8 Å². The third-order valence-electron chi connectivity index (χ3n) is 5.35. The molecule has 0 bridgehead atoms. The molecule has 3 aromatic rings. The van der Waals surface area contributed by atoms with E-state index < -0.39 is 22.5 Å². The second-order valence-corrected chi connectivity index (χ2v) is 9.27. The van der Waals surface area contributed by atoms with Crippen molar-refractivity contribution in [1.82, 2.24) is 0 Å². The fourth-order valence-electron chi connectivity index (χ4n) is 3.67. The van der Waals surface area contributed by atoms with E-state index in [0.717, 1.165) is 4.31 Å². The third kappa shape index (κ3) is 4.40. The van der Waals surface area contributed by atoms with Crippen LogP contribution in [0.25, 0.3) is 0 Å². The van der Waals surface area contributed by atoms with Crippen LogP contribution >= 0.6 is 0 Å². The predicted molar refractivity (Wildman–Crippen MR) is 128 cm³/mol. The number of hydrogen-bond acceptors (Lipinski definition) is 6. The van der Waals surface area contributed by atoms with Gasteiger partial charge in [0.05, 0.1) is 36.2 Å². The van der Waals surface area contributed by atoms with E-state index in [2.05, 4.69) is 5.32 Å². The number of methoxy groups -OCH3 is 2. The molecule has 0 saturated carbocycles. The maximum absolute atomic E-state index is 13.7. The SMILES string of the molecule is COc1ccc(S(=O)(=O)N(CC(=O)N2CC(=O)Nc3ccccc32)c2ccccc2OC)cc1. The molecule has 3 aromatic carbocycles. The van der Waals surface area contributed by atoms with E-state index in [0.29, 0.717) is 17.1 Å². The summed E-state index contributed by atoms with van der Waals surface area (Å²) in [5, 5.41) is 2.72. The Balaban J connectivity index is 1.76. The molecule has 34 heavy (non-hydrogen) atoms. The fraction of sp³-hybridized carbons (Fsp3) is 0.167. The minimum atomic E-state index is -4.19. The number of sulfonamides is 1. The first-order chi connectivity index (χ1) is 16.3. The lowest BCUT2D eigenvalue weighted by atomic mass is 10.2. The Morgan fingerprint density at radius 2 is 1.65 bits per heavy atom. The molecule has 1 heterocycles. The average Bonchev–Trinajstić information content (AvgIpc) is 2.86. The van der Waals surface area contributed by atoms with Gasteiger partial charge in [-0.05, 0) is 48.5 Å². The van der Waals surface area contributed by atoms with Crippen LogP contribution in [0.3, 0.4) is 0 Å². The second kappa shape index (κ2) is 9.44. The summed E-state index contributed by atoms with van der Waals surface area (Å²) in [7, 11) is -1.28. The van der Waals surface area contributed by atoms with Crippen molar-refractivity contribution in [2.45, 2.75) is 4.90 Å². The number of carbonyl (C=O) groups excluding carboxylic acids is 2. The van der Waals surface area contributed by atoms with Crippen molar-refractivity contribution in [3.05, 3.63) is 72.8 Å². The Labute approximate surface area is 197 Å². The van der Waals surface area contributed by atoms with Gasteiger partial charge >= 0.3 is 0 Å². The number of amides is 2. The van der Waals surface area contributed by atoms with E-state index in [-0.39, 0.29) is 28.8 Å². The van der Waals surface area contributed by atoms with Gasteiger partial charge in [0.1, 0.15) is 24.6 Å². The first-order valence-electron chi connectivity index (χ1n) is 10.3. The zero-order valence-corrected chi connectivity index (χ0v) is 19.4. The van der Waals surface area contributed by atoms with Crippen LogP contribution in [0, 0.1) is 0 Å². The van der Waals surface area contributed by atoms with Crippen LogP contribution in [0.2, 0.25) is 0 Å². The molecule has 9 nitrogen and oxygen atoms in total. The smallest absolute Gasteiger partial charge is 0.264 e. The minimum absolute atomic E-state index is 0.0243. The standard InChI is InChI=1S/C24H23N3O6S/c1-32-17-11-13-18(14-12-17)34(30,31)27(21-9-5-6-10-22(21)33-2)16-24(29)26-15-23(28)25-19-7-3-4-8-20(19)26/h3-14H,15-16H2,1-2H3,(H,25,28). The van der Waals surface area contributed by atoms with E-state index in [1.54, 1.807) is 48.5 Å². The molecule has 10 heteroatoms. The lowest BCUT2D eigenvalue weighted by molar-refractivity contribution is -0.121. The number of nitrogens with one attached hydrogen (secondary N) is 1. The lowest BCUT2D eigenvalue weighted by Gasteiger charge is -2.32. The lowest BCUT2D eigenvalue weighted by Crippen LogP contribution is -2.48. The van der Waals surface area contributed by atoms with Crippen molar-refractivity contribution >= 4 is 38.9 Å². The number of rotatable bonds is 7. The molecule has 1 aliphatic rings. The summed E-state index contributed by atoms with van der Waals surface area (Å²) >= 11 is 0. The van der Waals surface area contributed by atoms with E-state index in [9.17, 15) is 18.0 Å². The fourth-order valence-corrected chi connectivity index (χ4v) is 5.10. The van der Waals surface area contributed by atoms with E-state index in [1.165, 1.54) is 43.4 Å². The average molecular weight is 482 g/mol. The Bertz CT molecular complexity index is 1320. The normalized spacial score (nSPS) is 13.0. The molecule has 0 atom stereocenters. The van der Waals surface area contributed by atoms with Crippen molar-refractivity contribution < 1.29 is 27.5 Å². The summed E-state index contributed by atoms with van der Waals surface area (Å²) < 4.78 is 38.9. The van der Waals surface area contributed by atoms with Gasteiger partial charge in [0.25, 0.3) is 10.0 Å². The molecule has 0 aliphatic carbocycles. The number of fused-ring (bicyclic) bond motifs is 1. The number of carbonyl (C=O) groups is 2. The van der Waals surface area contributed by atoms with Gasteiger partial charge in [-0.2, -0.15) is 0 Å². The van der Waals surface area contributed by atoms with E-state index in [4.69, 9.17) is 9.47 Å². The highest BCUT2D eigenvalue weighted by atomic mass is 32.2. The molecule has 1 aliphatic heterocycles. The molecule has 2 amide bonds.